The molecule has 0 radical (unpaired) electrons. The maximum absolute atomic E-state index is 12.3. The van der Waals surface area contributed by atoms with Gasteiger partial charge in [0.05, 0.1) is 12.5 Å². The van der Waals surface area contributed by atoms with Gasteiger partial charge in [0, 0.05) is 38.4 Å². The molecule has 1 unspecified atom stereocenters. The first-order valence-corrected chi connectivity index (χ1v) is 8.80. The third kappa shape index (κ3) is 6.04. The summed E-state index contributed by atoms with van der Waals surface area (Å²) < 4.78 is 0. The quantitative estimate of drug-likeness (QED) is 0.796. The minimum absolute atomic E-state index is 0. The highest BCUT2D eigenvalue weighted by Gasteiger charge is 2.24. The van der Waals surface area contributed by atoms with E-state index in [1.54, 1.807) is 0 Å². The zero-order chi connectivity index (χ0) is 16.8. The SMILES string of the molecule is Cl.Cl.O=C(NCC(=O)N1CCN(c2ccccc2)CC1)C1CCCNC1. The van der Waals surface area contributed by atoms with Gasteiger partial charge in [-0.15, -0.1) is 24.8 Å². The molecule has 1 aromatic rings. The van der Waals surface area contributed by atoms with Crippen molar-refractivity contribution >= 4 is 42.3 Å². The molecule has 2 amide bonds. The molecular formula is C18H28Cl2N4O2. The lowest BCUT2D eigenvalue weighted by Gasteiger charge is -2.36. The predicted molar refractivity (Wildman–Crippen MR) is 108 cm³/mol. The Hall–Kier alpha value is -1.50. The summed E-state index contributed by atoms with van der Waals surface area (Å²) in [7, 11) is 0. The van der Waals surface area contributed by atoms with Crippen molar-refractivity contribution in [3.63, 3.8) is 0 Å². The normalized spacial score (nSPS) is 19.8. The van der Waals surface area contributed by atoms with E-state index >= 15 is 0 Å². The Balaban J connectivity index is 0.00000169. The van der Waals surface area contributed by atoms with Gasteiger partial charge in [0.2, 0.25) is 11.8 Å². The Morgan fingerprint density at radius 3 is 2.38 bits per heavy atom. The van der Waals surface area contributed by atoms with Gasteiger partial charge >= 0.3 is 0 Å². The molecule has 6 nitrogen and oxygen atoms in total. The van der Waals surface area contributed by atoms with E-state index in [0.29, 0.717) is 13.1 Å². The molecule has 2 N–H and O–H groups in total. The third-order valence-corrected chi connectivity index (χ3v) is 4.84. The van der Waals surface area contributed by atoms with Gasteiger partial charge in [0.1, 0.15) is 0 Å². The Morgan fingerprint density at radius 2 is 1.77 bits per heavy atom. The van der Waals surface area contributed by atoms with Gasteiger partial charge in [-0.1, -0.05) is 18.2 Å². The number of hydrogen-bond acceptors (Lipinski definition) is 4. The summed E-state index contributed by atoms with van der Waals surface area (Å²) >= 11 is 0. The van der Waals surface area contributed by atoms with E-state index in [2.05, 4.69) is 27.7 Å². The van der Waals surface area contributed by atoms with Gasteiger partial charge in [-0.3, -0.25) is 9.59 Å². The van der Waals surface area contributed by atoms with Crippen LogP contribution < -0.4 is 15.5 Å². The smallest absolute Gasteiger partial charge is 0.242 e. The van der Waals surface area contributed by atoms with Crippen LogP contribution in [0.4, 0.5) is 5.69 Å². The van der Waals surface area contributed by atoms with E-state index in [1.807, 2.05) is 23.1 Å². The molecule has 2 fully saturated rings. The average molecular weight is 403 g/mol. The summed E-state index contributed by atoms with van der Waals surface area (Å²) in [4.78, 5) is 28.5. The first-order chi connectivity index (χ1) is 11.7. The highest BCUT2D eigenvalue weighted by molar-refractivity contribution is 5.86. The van der Waals surface area contributed by atoms with Crippen molar-refractivity contribution < 1.29 is 9.59 Å². The predicted octanol–water partition coefficient (Wildman–Crippen LogP) is 1.29. The number of carbonyl (C=O) groups excluding carboxylic acids is 2. The van der Waals surface area contributed by atoms with Crippen molar-refractivity contribution in [1.29, 1.82) is 0 Å². The number of halogens is 2. The van der Waals surface area contributed by atoms with E-state index in [-0.39, 0.29) is 49.1 Å². The molecule has 2 heterocycles. The van der Waals surface area contributed by atoms with Crippen LogP contribution in [0.5, 0.6) is 0 Å². The number of carbonyl (C=O) groups is 2. The van der Waals surface area contributed by atoms with E-state index in [1.165, 1.54) is 5.69 Å². The van der Waals surface area contributed by atoms with E-state index < -0.39 is 0 Å². The Kier molecular flexibility index (Phi) is 9.76. The lowest BCUT2D eigenvalue weighted by atomic mass is 9.99. The van der Waals surface area contributed by atoms with Crippen molar-refractivity contribution in [2.45, 2.75) is 12.8 Å². The second-order valence-corrected chi connectivity index (χ2v) is 6.46. The molecular weight excluding hydrogens is 375 g/mol. The van der Waals surface area contributed by atoms with Crippen LogP contribution in [0.1, 0.15) is 12.8 Å². The number of amides is 2. The number of piperazine rings is 1. The van der Waals surface area contributed by atoms with Gasteiger partial charge < -0.3 is 20.4 Å². The Morgan fingerprint density at radius 1 is 1.08 bits per heavy atom. The molecule has 3 rings (SSSR count). The lowest BCUT2D eigenvalue weighted by Crippen LogP contribution is -2.52. The van der Waals surface area contributed by atoms with Crippen molar-refractivity contribution in [2.24, 2.45) is 5.92 Å². The van der Waals surface area contributed by atoms with Gasteiger partial charge in [-0.25, -0.2) is 0 Å². The molecule has 0 saturated carbocycles. The monoisotopic (exact) mass is 402 g/mol. The highest BCUT2D eigenvalue weighted by atomic mass is 35.5. The fourth-order valence-electron chi connectivity index (χ4n) is 3.35. The zero-order valence-corrected chi connectivity index (χ0v) is 16.5. The molecule has 8 heteroatoms. The molecule has 2 aliphatic rings. The molecule has 0 bridgehead atoms. The maximum atomic E-state index is 12.3. The number of hydrogen-bond donors (Lipinski definition) is 2. The summed E-state index contributed by atoms with van der Waals surface area (Å²) in [6.45, 7) is 4.88. The van der Waals surface area contributed by atoms with Crippen LogP contribution in [0.25, 0.3) is 0 Å². The summed E-state index contributed by atoms with van der Waals surface area (Å²) in [5.74, 6) is 0.0137. The first-order valence-electron chi connectivity index (χ1n) is 8.80. The van der Waals surface area contributed by atoms with Crippen molar-refractivity contribution in [3.8, 4) is 0 Å². The van der Waals surface area contributed by atoms with Crippen molar-refractivity contribution in [2.75, 3.05) is 50.7 Å². The molecule has 1 aromatic carbocycles. The summed E-state index contributed by atoms with van der Waals surface area (Å²) in [5, 5.41) is 6.03. The van der Waals surface area contributed by atoms with Gasteiger partial charge in [-0.05, 0) is 31.5 Å². The zero-order valence-electron chi connectivity index (χ0n) is 14.9. The molecule has 2 aliphatic heterocycles. The molecule has 2 saturated heterocycles. The fraction of sp³-hybridized carbons (Fsp3) is 0.556. The van der Waals surface area contributed by atoms with Crippen LogP contribution >= 0.6 is 24.8 Å². The van der Waals surface area contributed by atoms with Crippen LogP contribution in [-0.4, -0.2) is 62.5 Å². The summed E-state index contributed by atoms with van der Waals surface area (Å²) in [6.07, 6.45) is 1.93. The van der Waals surface area contributed by atoms with E-state index in [4.69, 9.17) is 0 Å². The van der Waals surface area contributed by atoms with Crippen LogP contribution in [-0.2, 0) is 9.59 Å². The standard InChI is InChI=1S/C18H26N4O2.2ClH/c23-17(14-20-18(24)15-5-4-8-19-13-15)22-11-9-21(10-12-22)16-6-2-1-3-7-16;;/h1-3,6-7,15,19H,4-5,8-14H2,(H,20,24);2*1H. The Labute approximate surface area is 167 Å². The number of nitrogens with one attached hydrogen (secondary N) is 2. The van der Waals surface area contributed by atoms with Crippen LogP contribution in [0.3, 0.4) is 0 Å². The van der Waals surface area contributed by atoms with Gasteiger partial charge in [0.15, 0.2) is 0 Å². The second kappa shape index (κ2) is 11.3. The van der Waals surface area contributed by atoms with Crippen LogP contribution in [0, 0.1) is 5.92 Å². The largest absolute Gasteiger partial charge is 0.368 e. The number of anilines is 1. The van der Waals surface area contributed by atoms with Crippen LogP contribution in [0.15, 0.2) is 30.3 Å². The first kappa shape index (κ1) is 22.5. The third-order valence-electron chi connectivity index (χ3n) is 4.84. The molecule has 0 spiro atoms. The molecule has 26 heavy (non-hydrogen) atoms. The van der Waals surface area contributed by atoms with Crippen molar-refractivity contribution in [1.82, 2.24) is 15.5 Å². The number of nitrogens with zero attached hydrogens (tertiary/aromatic N) is 2. The fourth-order valence-corrected chi connectivity index (χ4v) is 3.35. The molecule has 146 valence electrons. The average Bonchev–Trinajstić information content (AvgIpc) is 2.67. The highest BCUT2D eigenvalue weighted by Crippen LogP contribution is 2.15. The second-order valence-electron chi connectivity index (χ2n) is 6.46. The minimum atomic E-state index is -0.00142. The molecule has 0 aromatic heterocycles. The lowest BCUT2D eigenvalue weighted by molar-refractivity contribution is -0.134. The van der Waals surface area contributed by atoms with E-state index in [0.717, 1.165) is 39.0 Å². The molecule has 0 aliphatic carbocycles. The number of para-hydroxylation sites is 1. The topological polar surface area (TPSA) is 64.7 Å². The number of piperidine rings is 1. The Bertz CT molecular complexity index is 560. The summed E-state index contributed by atoms with van der Waals surface area (Å²) in [5.41, 5.74) is 1.20. The van der Waals surface area contributed by atoms with Gasteiger partial charge in [0.25, 0.3) is 0 Å². The number of rotatable bonds is 4. The van der Waals surface area contributed by atoms with Gasteiger partial charge in [-0.2, -0.15) is 0 Å². The molecule has 1 atom stereocenters. The number of benzene rings is 1. The summed E-state index contributed by atoms with van der Waals surface area (Å²) in [6, 6.07) is 10.3. The minimum Gasteiger partial charge on any atom is -0.368 e. The maximum Gasteiger partial charge on any atom is 0.242 e. The van der Waals surface area contributed by atoms with Crippen LogP contribution in [0.2, 0.25) is 0 Å². The van der Waals surface area contributed by atoms with E-state index in [9.17, 15) is 9.59 Å². The van der Waals surface area contributed by atoms with Crippen molar-refractivity contribution in [3.05, 3.63) is 30.3 Å².